The summed E-state index contributed by atoms with van der Waals surface area (Å²) >= 11 is 0. The van der Waals surface area contributed by atoms with Crippen molar-refractivity contribution in [1.82, 2.24) is 4.98 Å². The number of aliphatic hydroxyl groups excluding tert-OH is 1. The molecule has 2 aromatic rings. The monoisotopic (exact) mass is 270 g/mol. The molecule has 0 amide bonds. The Kier molecular flexibility index (Phi) is 3.73. The van der Waals surface area contributed by atoms with Gasteiger partial charge in [-0.15, -0.1) is 0 Å². The van der Waals surface area contributed by atoms with E-state index in [1.165, 1.54) is 0 Å². The van der Waals surface area contributed by atoms with Gasteiger partial charge in [0.15, 0.2) is 0 Å². The van der Waals surface area contributed by atoms with Crippen LogP contribution in [0.2, 0.25) is 0 Å². The predicted molar refractivity (Wildman–Crippen MR) is 76.0 cm³/mol. The van der Waals surface area contributed by atoms with Crippen LogP contribution in [0, 0.1) is 11.3 Å². The second-order valence-electron chi connectivity index (χ2n) is 4.33. The third-order valence-electron chi connectivity index (χ3n) is 3.17. The van der Waals surface area contributed by atoms with Crippen molar-refractivity contribution in [2.24, 2.45) is 0 Å². The molecule has 0 saturated heterocycles. The molecule has 0 aliphatic carbocycles. The molecule has 1 aromatic carbocycles. The van der Waals surface area contributed by atoms with Crippen molar-refractivity contribution in [3.63, 3.8) is 0 Å². The van der Waals surface area contributed by atoms with E-state index < -0.39 is 11.5 Å². The molecule has 1 atom stereocenters. The van der Waals surface area contributed by atoms with Crippen molar-refractivity contribution >= 4 is 11.5 Å². The maximum absolute atomic E-state index is 12.1. The van der Waals surface area contributed by atoms with E-state index >= 15 is 0 Å². The minimum absolute atomic E-state index is 0.0108. The Labute approximate surface area is 115 Å². The van der Waals surface area contributed by atoms with E-state index in [0.717, 1.165) is 5.56 Å². The minimum atomic E-state index is -0.604. The van der Waals surface area contributed by atoms with Gasteiger partial charge in [0.05, 0.1) is 17.9 Å². The average molecular weight is 270 g/mol. The molecule has 20 heavy (non-hydrogen) atoms. The summed E-state index contributed by atoms with van der Waals surface area (Å²) in [4.78, 5) is 14.5. The summed E-state index contributed by atoms with van der Waals surface area (Å²) in [5.74, 6) is -0.670. The lowest BCUT2D eigenvalue weighted by atomic mass is 9.90. The maximum atomic E-state index is 12.1. The topological polar surface area (TPSA) is 129 Å². The van der Waals surface area contributed by atoms with Crippen molar-refractivity contribution in [2.75, 3.05) is 18.1 Å². The number of rotatable bonds is 3. The second kappa shape index (κ2) is 5.47. The highest BCUT2D eigenvalue weighted by molar-refractivity contribution is 5.68. The number of benzene rings is 1. The Balaban J connectivity index is 2.69. The Hall–Kier alpha value is -2.78. The van der Waals surface area contributed by atoms with E-state index in [4.69, 9.17) is 16.7 Å². The molecule has 102 valence electrons. The number of pyridine rings is 1. The summed E-state index contributed by atoms with van der Waals surface area (Å²) in [6.07, 6.45) is 0. The van der Waals surface area contributed by atoms with Gasteiger partial charge >= 0.3 is 0 Å². The molecular formula is C14H14N4O2. The van der Waals surface area contributed by atoms with Crippen LogP contribution in [-0.4, -0.2) is 16.7 Å². The highest BCUT2D eigenvalue weighted by atomic mass is 16.3. The first-order valence-electron chi connectivity index (χ1n) is 5.97. The lowest BCUT2D eigenvalue weighted by Crippen LogP contribution is -2.24. The zero-order valence-corrected chi connectivity index (χ0v) is 10.6. The molecule has 0 radical (unpaired) electrons. The molecule has 6 N–H and O–H groups in total. The van der Waals surface area contributed by atoms with Crippen LogP contribution in [0.1, 0.15) is 22.6 Å². The number of nitrogens with zero attached hydrogens (tertiary/aromatic N) is 1. The second-order valence-corrected chi connectivity index (χ2v) is 4.33. The number of anilines is 2. The molecule has 0 saturated carbocycles. The third kappa shape index (κ3) is 2.22. The largest absolute Gasteiger partial charge is 0.397 e. The van der Waals surface area contributed by atoms with Crippen LogP contribution in [0.4, 0.5) is 11.5 Å². The van der Waals surface area contributed by atoms with E-state index in [1.54, 1.807) is 24.3 Å². The van der Waals surface area contributed by atoms with Crippen LogP contribution in [0.3, 0.4) is 0 Å². The summed E-state index contributed by atoms with van der Waals surface area (Å²) in [6, 6.07) is 10.8. The first kappa shape index (κ1) is 13.6. The number of aromatic amines is 1. The van der Waals surface area contributed by atoms with Crippen molar-refractivity contribution in [1.29, 1.82) is 5.26 Å². The standard InChI is InChI=1S/C14H14N4O2/c15-6-9-12(16)11(14(20)18-13(9)17)10(7-19)8-4-2-1-3-5-8/h1-5,10,19H,7H2,(H5,16,17,18,20). The van der Waals surface area contributed by atoms with E-state index in [-0.39, 0.29) is 29.2 Å². The van der Waals surface area contributed by atoms with Gasteiger partial charge in [0.1, 0.15) is 17.5 Å². The molecular weight excluding hydrogens is 256 g/mol. The van der Waals surface area contributed by atoms with Crippen molar-refractivity contribution in [3.8, 4) is 6.07 Å². The van der Waals surface area contributed by atoms with Crippen LogP contribution < -0.4 is 17.0 Å². The van der Waals surface area contributed by atoms with Gasteiger partial charge in [0, 0.05) is 5.92 Å². The zero-order chi connectivity index (χ0) is 14.7. The Morgan fingerprint density at radius 3 is 2.50 bits per heavy atom. The number of aromatic nitrogens is 1. The predicted octanol–water partition coefficient (Wildman–Crippen LogP) is 0.535. The van der Waals surface area contributed by atoms with Gasteiger partial charge < -0.3 is 21.6 Å². The number of nitriles is 1. The molecule has 1 unspecified atom stereocenters. The van der Waals surface area contributed by atoms with Crippen LogP contribution >= 0.6 is 0 Å². The molecule has 1 aromatic heterocycles. The van der Waals surface area contributed by atoms with Crippen molar-refractivity contribution in [3.05, 3.63) is 57.4 Å². The van der Waals surface area contributed by atoms with Gasteiger partial charge in [-0.05, 0) is 5.56 Å². The number of nitrogen functional groups attached to an aromatic ring is 2. The number of H-pyrrole nitrogens is 1. The average Bonchev–Trinajstić information content (AvgIpc) is 2.44. The maximum Gasteiger partial charge on any atom is 0.255 e. The summed E-state index contributed by atoms with van der Waals surface area (Å²) < 4.78 is 0. The SMILES string of the molecule is N#Cc1c(N)[nH]c(=O)c(C(CO)c2ccccc2)c1N. The van der Waals surface area contributed by atoms with Gasteiger partial charge in [0.25, 0.3) is 5.56 Å². The summed E-state index contributed by atoms with van der Waals surface area (Å²) in [5, 5.41) is 18.6. The minimum Gasteiger partial charge on any atom is -0.397 e. The van der Waals surface area contributed by atoms with Crippen molar-refractivity contribution in [2.45, 2.75) is 5.92 Å². The first-order chi connectivity index (χ1) is 9.60. The molecule has 0 fully saturated rings. The summed E-state index contributed by atoms with van der Waals surface area (Å²) in [6.45, 7) is -0.300. The normalized spacial score (nSPS) is 11.8. The fraction of sp³-hybridized carbons (Fsp3) is 0.143. The molecule has 0 aliphatic rings. The summed E-state index contributed by atoms with van der Waals surface area (Å²) in [5.41, 5.74) is 11.9. The number of hydrogen-bond donors (Lipinski definition) is 4. The number of nitrogens with two attached hydrogens (primary N) is 2. The fourth-order valence-electron chi connectivity index (χ4n) is 2.17. The molecule has 6 heteroatoms. The lowest BCUT2D eigenvalue weighted by Gasteiger charge is -2.17. The molecule has 1 heterocycles. The van der Waals surface area contributed by atoms with Gasteiger partial charge in [-0.25, -0.2) is 0 Å². The van der Waals surface area contributed by atoms with E-state index in [2.05, 4.69) is 4.98 Å². The van der Waals surface area contributed by atoms with Crippen LogP contribution in [-0.2, 0) is 0 Å². The van der Waals surface area contributed by atoms with E-state index in [1.807, 2.05) is 12.1 Å². The molecule has 0 spiro atoms. The lowest BCUT2D eigenvalue weighted by molar-refractivity contribution is 0.280. The molecule has 6 nitrogen and oxygen atoms in total. The fourth-order valence-corrected chi connectivity index (χ4v) is 2.17. The van der Waals surface area contributed by atoms with Gasteiger partial charge in [-0.1, -0.05) is 30.3 Å². The molecule has 0 bridgehead atoms. The Bertz CT molecular complexity index is 716. The molecule has 0 aliphatic heterocycles. The van der Waals surface area contributed by atoms with Gasteiger partial charge in [-0.3, -0.25) is 4.79 Å². The number of aliphatic hydroxyl groups is 1. The quantitative estimate of drug-likeness (QED) is 0.646. The third-order valence-corrected chi connectivity index (χ3v) is 3.17. The highest BCUT2D eigenvalue weighted by Crippen LogP contribution is 2.28. The smallest absolute Gasteiger partial charge is 0.255 e. The first-order valence-corrected chi connectivity index (χ1v) is 5.97. The van der Waals surface area contributed by atoms with Gasteiger partial charge in [0.2, 0.25) is 0 Å². The highest BCUT2D eigenvalue weighted by Gasteiger charge is 2.23. The Morgan fingerprint density at radius 2 is 1.95 bits per heavy atom. The van der Waals surface area contributed by atoms with Crippen molar-refractivity contribution < 1.29 is 5.11 Å². The zero-order valence-electron chi connectivity index (χ0n) is 10.6. The number of nitrogens with one attached hydrogen (secondary N) is 1. The van der Waals surface area contributed by atoms with E-state index in [9.17, 15) is 9.90 Å². The van der Waals surface area contributed by atoms with Crippen LogP contribution in [0.25, 0.3) is 0 Å². The van der Waals surface area contributed by atoms with Crippen LogP contribution in [0.5, 0.6) is 0 Å². The number of hydrogen-bond acceptors (Lipinski definition) is 5. The molecule has 2 rings (SSSR count). The van der Waals surface area contributed by atoms with E-state index in [0.29, 0.717) is 0 Å². The summed E-state index contributed by atoms with van der Waals surface area (Å²) in [7, 11) is 0. The van der Waals surface area contributed by atoms with Gasteiger partial charge in [-0.2, -0.15) is 5.26 Å². The Morgan fingerprint density at radius 1 is 1.30 bits per heavy atom. The van der Waals surface area contributed by atoms with Crippen LogP contribution in [0.15, 0.2) is 35.1 Å².